The number of carbonyl (C=O) groups is 2. The lowest BCUT2D eigenvalue weighted by Gasteiger charge is -2.16. The van der Waals surface area contributed by atoms with Gasteiger partial charge in [0.15, 0.2) is 0 Å². The largest absolute Gasteiger partial charge is 0.462 e. The fourth-order valence-corrected chi connectivity index (χ4v) is 3.16. The Morgan fingerprint density at radius 3 is 1.26 bits per heavy atom. The number of hydrogen-bond acceptors (Lipinski definition) is 9. The van der Waals surface area contributed by atoms with Crippen molar-refractivity contribution in [3.8, 4) is 0 Å². The van der Waals surface area contributed by atoms with Gasteiger partial charge in [0, 0.05) is 13.2 Å². The van der Waals surface area contributed by atoms with Crippen molar-refractivity contribution >= 4 is 23.7 Å². The molecule has 0 spiro atoms. The third-order valence-electron chi connectivity index (χ3n) is 4.04. The van der Waals surface area contributed by atoms with E-state index in [-0.39, 0.29) is 25.2 Å². The van der Waals surface area contributed by atoms with Crippen molar-refractivity contribution in [3.63, 3.8) is 0 Å². The summed E-state index contributed by atoms with van der Waals surface area (Å²) in [5.74, 6) is -0.752. The van der Waals surface area contributed by atoms with Gasteiger partial charge < -0.3 is 28.4 Å². The highest BCUT2D eigenvalue weighted by Gasteiger charge is 2.23. The van der Waals surface area contributed by atoms with E-state index in [9.17, 15) is 9.59 Å². The molecule has 184 valence electrons. The molecule has 0 aliphatic carbocycles. The molecule has 0 bridgehead atoms. The summed E-state index contributed by atoms with van der Waals surface area (Å²) in [6, 6.07) is 0. The van der Waals surface area contributed by atoms with Crippen LogP contribution in [0, 0.1) is 0 Å². The molecule has 0 saturated heterocycles. The van der Waals surface area contributed by atoms with Crippen LogP contribution < -0.4 is 0 Å². The van der Waals surface area contributed by atoms with Crippen LogP contribution in [0.1, 0.15) is 53.4 Å². The Labute approximate surface area is 192 Å². The van der Waals surface area contributed by atoms with Crippen LogP contribution in [0.2, 0.25) is 0 Å². The van der Waals surface area contributed by atoms with Gasteiger partial charge in [-0.25, -0.2) is 0 Å². The maximum Gasteiger partial charge on any atom is 0.318 e. The second-order valence-electron chi connectivity index (χ2n) is 6.91. The zero-order valence-electron chi connectivity index (χ0n) is 19.7. The molecule has 2 atom stereocenters. The van der Waals surface area contributed by atoms with Gasteiger partial charge in [-0.1, -0.05) is 26.7 Å². The summed E-state index contributed by atoms with van der Waals surface area (Å²) < 4.78 is 31.8. The first-order valence-corrected chi connectivity index (χ1v) is 12.3. The molecule has 0 rings (SSSR count). The molecule has 2 unspecified atom stereocenters. The van der Waals surface area contributed by atoms with E-state index in [1.807, 2.05) is 0 Å². The summed E-state index contributed by atoms with van der Waals surface area (Å²) >= 11 is 1.20. The van der Waals surface area contributed by atoms with E-state index in [1.54, 1.807) is 13.8 Å². The number of esters is 2. The molecule has 0 N–H and O–H groups in total. The molecular weight excluding hydrogens is 424 g/mol. The van der Waals surface area contributed by atoms with Crippen LogP contribution in [-0.4, -0.2) is 88.5 Å². The molecule has 0 aromatic carbocycles. The van der Waals surface area contributed by atoms with Gasteiger partial charge in [0.25, 0.3) is 0 Å². The monoisotopic (exact) mass is 466 g/mol. The topological polar surface area (TPSA) is 89.5 Å². The average Bonchev–Trinajstić information content (AvgIpc) is 2.76. The van der Waals surface area contributed by atoms with Gasteiger partial charge in [-0.2, -0.15) is 0 Å². The average molecular weight is 467 g/mol. The lowest BCUT2D eigenvalue weighted by molar-refractivity contribution is -0.144. The normalized spacial score (nSPS) is 13.0. The minimum Gasteiger partial charge on any atom is -0.462 e. The molecule has 0 aromatic rings. The molecule has 0 aromatic heterocycles. The van der Waals surface area contributed by atoms with E-state index in [0.717, 1.165) is 38.9 Å². The Bertz CT molecular complexity index is 398. The molecule has 0 fully saturated rings. The predicted octanol–water partition coefficient (Wildman–Crippen LogP) is 3.25. The number of ether oxygens (including phenoxy) is 6. The fraction of sp³-hybridized carbons (Fsp3) is 0.909. The van der Waals surface area contributed by atoms with Crippen LogP contribution >= 0.6 is 11.8 Å². The zero-order chi connectivity index (χ0) is 23.2. The van der Waals surface area contributed by atoms with Gasteiger partial charge in [0.2, 0.25) is 0 Å². The highest BCUT2D eigenvalue weighted by molar-refractivity contribution is 8.01. The Morgan fingerprint density at radius 2 is 0.903 bits per heavy atom. The molecule has 0 amide bonds. The number of carbonyl (C=O) groups excluding carboxylic acids is 2. The van der Waals surface area contributed by atoms with E-state index in [4.69, 9.17) is 28.4 Å². The molecule has 9 heteroatoms. The third kappa shape index (κ3) is 19.5. The Morgan fingerprint density at radius 1 is 0.581 bits per heavy atom. The Balaban J connectivity index is 3.66. The van der Waals surface area contributed by atoms with Crippen LogP contribution in [0.15, 0.2) is 0 Å². The second kappa shape index (κ2) is 22.3. The lowest BCUT2D eigenvalue weighted by atomic mass is 10.4. The smallest absolute Gasteiger partial charge is 0.318 e. The first-order chi connectivity index (χ1) is 15.0. The van der Waals surface area contributed by atoms with Gasteiger partial charge in [-0.15, -0.1) is 11.8 Å². The number of thioether (sulfide) groups is 1. The van der Waals surface area contributed by atoms with Gasteiger partial charge >= 0.3 is 11.9 Å². The standard InChI is InChI=1S/C22H42O8S/c1-5-7-9-25-11-13-27-15-17-29-21(23)19(3)31-20(4)22(24)30-18-16-28-14-12-26-10-8-6-2/h19-20H,5-18H2,1-4H3. The third-order valence-corrected chi connectivity index (χ3v) is 5.25. The minimum atomic E-state index is -0.476. The molecule has 8 nitrogen and oxygen atoms in total. The molecule has 0 saturated carbocycles. The Hall–Kier alpha value is -0.870. The van der Waals surface area contributed by atoms with Crippen LogP contribution in [0.5, 0.6) is 0 Å². The van der Waals surface area contributed by atoms with E-state index in [0.29, 0.717) is 39.6 Å². The molecule has 0 heterocycles. The first-order valence-electron chi connectivity index (χ1n) is 11.3. The van der Waals surface area contributed by atoms with E-state index in [2.05, 4.69) is 13.8 Å². The molecule has 0 radical (unpaired) electrons. The van der Waals surface area contributed by atoms with Crippen molar-refractivity contribution in [2.75, 3.05) is 66.1 Å². The highest BCUT2D eigenvalue weighted by Crippen LogP contribution is 2.19. The van der Waals surface area contributed by atoms with Gasteiger partial charge in [-0.3, -0.25) is 9.59 Å². The zero-order valence-corrected chi connectivity index (χ0v) is 20.5. The number of rotatable bonds is 22. The van der Waals surface area contributed by atoms with Crippen LogP contribution in [0.4, 0.5) is 0 Å². The fourth-order valence-electron chi connectivity index (χ4n) is 2.19. The maximum absolute atomic E-state index is 12.0. The summed E-state index contributed by atoms with van der Waals surface area (Å²) in [5, 5.41) is -0.951. The lowest BCUT2D eigenvalue weighted by Crippen LogP contribution is -2.26. The maximum atomic E-state index is 12.0. The van der Waals surface area contributed by atoms with Crippen molar-refractivity contribution in [2.45, 2.75) is 63.9 Å². The summed E-state index contributed by atoms with van der Waals surface area (Å²) in [4.78, 5) is 24.1. The molecule has 31 heavy (non-hydrogen) atoms. The van der Waals surface area contributed by atoms with Gasteiger partial charge in [0.1, 0.15) is 23.7 Å². The van der Waals surface area contributed by atoms with Crippen LogP contribution in [0.3, 0.4) is 0 Å². The predicted molar refractivity (Wildman–Crippen MR) is 122 cm³/mol. The van der Waals surface area contributed by atoms with E-state index < -0.39 is 10.5 Å². The highest BCUT2D eigenvalue weighted by atomic mass is 32.2. The van der Waals surface area contributed by atoms with E-state index >= 15 is 0 Å². The SMILES string of the molecule is CCCCOCCOCCOC(=O)C(C)SC(C)C(=O)OCCOCCOCCCC. The summed E-state index contributed by atoms with van der Waals surface area (Å²) in [6.45, 7) is 12.2. The van der Waals surface area contributed by atoms with Crippen molar-refractivity contribution in [1.29, 1.82) is 0 Å². The quantitative estimate of drug-likeness (QED) is 0.176. The number of unbranched alkanes of at least 4 members (excludes halogenated alkanes) is 2. The molecule has 0 aliphatic rings. The second-order valence-corrected chi connectivity index (χ2v) is 8.60. The summed E-state index contributed by atoms with van der Waals surface area (Å²) in [5.41, 5.74) is 0. The molecular formula is C22H42O8S. The van der Waals surface area contributed by atoms with Gasteiger partial charge in [-0.05, 0) is 26.7 Å². The first kappa shape index (κ1) is 30.1. The van der Waals surface area contributed by atoms with Crippen LogP contribution in [0.25, 0.3) is 0 Å². The minimum absolute atomic E-state index is 0.178. The summed E-state index contributed by atoms with van der Waals surface area (Å²) in [7, 11) is 0. The Kier molecular flexibility index (Phi) is 21.7. The van der Waals surface area contributed by atoms with Gasteiger partial charge in [0.05, 0.1) is 39.6 Å². The van der Waals surface area contributed by atoms with Crippen molar-refractivity contribution in [1.82, 2.24) is 0 Å². The molecule has 0 aliphatic heterocycles. The van der Waals surface area contributed by atoms with Crippen LogP contribution in [-0.2, 0) is 38.0 Å². The van der Waals surface area contributed by atoms with Crippen molar-refractivity contribution in [3.05, 3.63) is 0 Å². The van der Waals surface area contributed by atoms with E-state index in [1.165, 1.54) is 11.8 Å². The summed E-state index contributed by atoms with van der Waals surface area (Å²) in [6.07, 6.45) is 4.29. The van der Waals surface area contributed by atoms with Crippen molar-refractivity contribution < 1.29 is 38.0 Å². The van der Waals surface area contributed by atoms with Crippen molar-refractivity contribution in [2.24, 2.45) is 0 Å². The number of hydrogen-bond donors (Lipinski definition) is 0.